The molecule has 0 saturated carbocycles. The van der Waals surface area contributed by atoms with E-state index in [0.717, 1.165) is 37.0 Å². The number of ketones is 1. The number of carbonyl (C=O) groups excluding carboxylic acids is 1. The molecule has 0 bridgehead atoms. The summed E-state index contributed by atoms with van der Waals surface area (Å²) in [6, 6.07) is 11.8. The first-order valence-corrected chi connectivity index (χ1v) is 7.31. The zero-order valence-electron chi connectivity index (χ0n) is 12.3. The number of rotatable bonds is 4. The number of hydrogen-bond acceptors (Lipinski definition) is 4. The van der Waals surface area contributed by atoms with E-state index in [-0.39, 0.29) is 5.78 Å². The molecule has 0 aliphatic carbocycles. The first-order valence-electron chi connectivity index (χ1n) is 7.31. The number of Topliss-reactive ketones (excluding diaryl/α,β-unsaturated/α-hetero) is 1. The molecule has 1 saturated heterocycles. The smallest absolute Gasteiger partial charge is 0.181 e. The second-order valence-corrected chi connectivity index (χ2v) is 5.31. The molecule has 2 aromatic rings. The van der Waals surface area contributed by atoms with Gasteiger partial charge < -0.3 is 10.1 Å². The van der Waals surface area contributed by atoms with Crippen LogP contribution in [0.1, 0.15) is 10.4 Å². The second-order valence-electron chi connectivity index (χ2n) is 5.31. The predicted octanol–water partition coefficient (Wildman–Crippen LogP) is 1.94. The SMILES string of the molecule is COc1ccc2ccccc2c1C(=O)CN1CCNCC1. The van der Waals surface area contributed by atoms with E-state index in [1.54, 1.807) is 7.11 Å². The second kappa shape index (κ2) is 6.24. The quantitative estimate of drug-likeness (QED) is 0.871. The highest BCUT2D eigenvalue weighted by atomic mass is 16.5. The normalized spacial score (nSPS) is 16.0. The van der Waals surface area contributed by atoms with E-state index in [9.17, 15) is 4.79 Å². The van der Waals surface area contributed by atoms with Crippen molar-refractivity contribution in [2.75, 3.05) is 39.8 Å². The van der Waals surface area contributed by atoms with E-state index in [0.29, 0.717) is 17.9 Å². The van der Waals surface area contributed by atoms with E-state index in [4.69, 9.17) is 4.74 Å². The van der Waals surface area contributed by atoms with Crippen molar-refractivity contribution in [3.63, 3.8) is 0 Å². The van der Waals surface area contributed by atoms with Crippen molar-refractivity contribution in [3.05, 3.63) is 42.0 Å². The molecule has 0 radical (unpaired) electrons. The van der Waals surface area contributed by atoms with Crippen LogP contribution in [-0.2, 0) is 0 Å². The minimum atomic E-state index is 0.130. The molecule has 4 heteroatoms. The molecule has 0 amide bonds. The lowest BCUT2D eigenvalue weighted by molar-refractivity contribution is 0.0920. The van der Waals surface area contributed by atoms with Gasteiger partial charge in [-0.3, -0.25) is 9.69 Å². The molecule has 1 heterocycles. The molecule has 0 spiro atoms. The van der Waals surface area contributed by atoms with Gasteiger partial charge in [0.05, 0.1) is 19.2 Å². The highest BCUT2D eigenvalue weighted by Gasteiger charge is 2.20. The van der Waals surface area contributed by atoms with E-state index in [1.165, 1.54) is 0 Å². The number of nitrogens with zero attached hydrogens (tertiary/aromatic N) is 1. The number of ether oxygens (including phenoxy) is 1. The molecule has 1 N–H and O–H groups in total. The maximum atomic E-state index is 12.8. The van der Waals surface area contributed by atoms with Gasteiger partial charge in [0.15, 0.2) is 5.78 Å². The summed E-state index contributed by atoms with van der Waals surface area (Å²) in [6.45, 7) is 4.17. The fourth-order valence-electron chi connectivity index (χ4n) is 2.86. The predicted molar refractivity (Wildman–Crippen MR) is 84.1 cm³/mol. The van der Waals surface area contributed by atoms with Crippen LogP contribution in [0.25, 0.3) is 10.8 Å². The van der Waals surface area contributed by atoms with Crippen molar-refractivity contribution < 1.29 is 9.53 Å². The van der Waals surface area contributed by atoms with Crippen LogP contribution >= 0.6 is 0 Å². The summed E-state index contributed by atoms with van der Waals surface area (Å²) < 4.78 is 5.41. The maximum absolute atomic E-state index is 12.8. The Balaban J connectivity index is 1.95. The van der Waals surface area contributed by atoms with Gasteiger partial charge in [-0.2, -0.15) is 0 Å². The number of nitrogens with one attached hydrogen (secondary N) is 1. The van der Waals surface area contributed by atoms with Crippen LogP contribution < -0.4 is 10.1 Å². The van der Waals surface area contributed by atoms with Gasteiger partial charge in [-0.1, -0.05) is 30.3 Å². The van der Waals surface area contributed by atoms with Crippen molar-refractivity contribution in [1.82, 2.24) is 10.2 Å². The van der Waals surface area contributed by atoms with Gasteiger partial charge in [0.25, 0.3) is 0 Å². The number of benzene rings is 2. The standard InChI is InChI=1S/C17H20N2O2/c1-21-16-7-6-13-4-2-3-5-14(13)17(16)15(20)12-19-10-8-18-9-11-19/h2-7,18H,8-12H2,1H3. The number of fused-ring (bicyclic) bond motifs is 1. The van der Waals surface area contributed by atoms with Gasteiger partial charge in [-0.15, -0.1) is 0 Å². The third-order valence-electron chi connectivity index (χ3n) is 3.97. The summed E-state index contributed by atoms with van der Waals surface area (Å²) in [6.07, 6.45) is 0. The fraction of sp³-hybridized carbons (Fsp3) is 0.353. The fourth-order valence-corrected chi connectivity index (χ4v) is 2.86. The van der Waals surface area contributed by atoms with Crippen LogP contribution in [0, 0.1) is 0 Å². The minimum absolute atomic E-state index is 0.130. The molecule has 0 unspecified atom stereocenters. The van der Waals surface area contributed by atoms with Crippen molar-refractivity contribution in [2.24, 2.45) is 0 Å². The van der Waals surface area contributed by atoms with E-state index in [2.05, 4.69) is 10.2 Å². The van der Waals surface area contributed by atoms with Crippen molar-refractivity contribution >= 4 is 16.6 Å². The largest absolute Gasteiger partial charge is 0.496 e. The third kappa shape index (κ3) is 2.91. The Morgan fingerprint density at radius 3 is 2.71 bits per heavy atom. The van der Waals surface area contributed by atoms with Crippen LogP contribution in [0.3, 0.4) is 0 Å². The van der Waals surface area contributed by atoms with Gasteiger partial charge in [0.2, 0.25) is 0 Å². The van der Waals surface area contributed by atoms with Crippen LogP contribution in [0.5, 0.6) is 5.75 Å². The minimum Gasteiger partial charge on any atom is -0.496 e. The van der Waals surface area contributed by atoms with Crippen LogP contribution in [0.4, 0.5) is 0 Å². The molecule has 110 valence electrons. The topological polar surface area (TPSA) is 41.6 Å². The molecule has 0 atom stereocenters. The Labute approximate surface area is 124 Å². The summed E-state index contributed by atoms with van der Waals surface area (Å²) in [4.78, 5) is 15.0. The van der Waals surface area contributed by atoms with Crippen LogP contribution in [0.2, 0.25) is 0 Å². The highest BCUT2D eigenvalue weighted by Crippen LogP contribution is 2.28. The molecule has 4 nitrogen and oxygen atoms in total. The summed E-state index contributed by atoms with van der Waals surface area (Å²) in [7, 11) is 1.62. The molecule has 1 aliphatic heterocycles. The van der Waals surface area contributed by atoms with Gasteiger partial charge in [0, 0.05) is 26.2 Å². The van der Waals surface area contributed by atoms with E-state index in [1.807, 2.05) is 36.4 Å². The molecule has 21 heavy (non-hydrogen) atoms. The lowest BCUT2D eigenvalue weighted by Crippen LogP contribution is -2.45. The van der Waals surface area contributed by atoms with Gasteiger partial charge in [-0.25, -0.2) is 0 Å². The number of hydrogen-bond donors (Lipinski definition) is 1. The average Bonchev–Trinajstić information content (AvgIpc) is 2.54. The summed E-state index contributed by atoms with van der Waals surface area (Å²) >= 11 is 0. The van der Waals surface area contributed by atoms with Crippen molar-refractivity contribution in [3.8, 4) is 5.75 Å². The lowest BCUT2D eigenvalue weighted by atomic mass is 9.99. The lowest BCUT2D eigenvalue weighted by Gasteiger charge is -2.26. The molecular weight excluding hydrogens is 264 g/mol. The number of piperazine rings is 1. The first-order chi connectivity index (χ1) is 10.3. The zero-order valence-corrected chi connectivity index (χ0v) is 12.3. The Morgan fingerprint density at radius 1 is 1.19 bits per heavy atom. The van der Waals surface area contributed by atoms with Crippen molar-refractivity contribution in [2.45, 2.75) is 0 Å². The van der Waals surface area contributed by atoms with E-state index >= 15 is 0 Å². The molecule has 1 aliphatic rings. The maximum Gasteiger partial charge on any atom is 0.181 e. The Bertz CT molecular complexity index is 648. The van der Waals surface area contributed by atoms with Crippen molar-refractivity contribution in [1.29, 1.82) is 0 Å². The summed E-state index contributed by atoms with van der Waals surface area (Å²) in [5.74, 6) is 0.791. The van der Waals surface area contributed by atoms with E-state index < -0.39 is 0 Å². The Morgan fingerprint density at radius 2 is 1.95 bits per heavy atom. The average molecular weight is 284 g/mol. The number of carbonyl (C=O) groups is 1. The molecule has 1 fully saturated rings. The number of methoxy groups -OCH3 is 1. The molecule has 2 aromatic carbocycles. The molecule has 0 aromatic heterocycles. The van der Waals surface area contributed by atoms with Gasteiger partial charge in [0.1, 0.15) is 5.75 Å². The summed E-state index contributed by atoms with van der Waals surface area (Å²) in [5.41, 5.74) is 0.703. The van der Waals surface area contributed by atoms with Gasteiger partial charge >= 0.3 is 0 Å². The molecule has 3 rings (SSSR count). The zero-order chi connectivity index (χ0) is 14.7. The highest BCUT2D eigenvalue weighted by molar-refractivity contribution is 6.11. The van der Waals surface area contributed by atoms with Crippen LogP contribution in [0.15, 0.2) is 36.4 Å². The monoisotopic (exact) mass is 284 g/mol. The van der Waals surface area contributed by atoms with Crippen LogP contribution in [-0.4, -0.2) is 50.5 Å². The first kappa shape index (κ1) is 14.0. The molecular formula is C17H20N2O2. The Kier molecular flexibility index (Phi) is 4.18. The summed E-state index contributed by atoms with van der Waals surface area (Å²) in [5, 5.41) is 5.34. The van der Waals surface area contributed by atoms with Gasteiger partial charge in [-0.05, 0) is 16.8 Å². The third-order valence-corrected chi connectivity index (χ3v) is 3.97. The Hall–Kier alpha value is -1.91.